The molecule has 118 valence electrons. The highest BCUT2D eigenvalue weighted by atomic mass is 16.5. The van der Waals surface area contributed by atoms with Crippen LogP contribution in [0.15, 0.2) is 34.9 Å². The number of amides is 1. The maximum atomic E-state index is 12.1. The lowest BCUT2D eigenvalue weighted by molar-refractivity contribution is 0.0906. The Morgan fingerprint density at radius 2 is 2.05 bits per heavy atom. The molecule has 0 aliphatic carbocycles. The molecule has 0 saturated carbocycles. The van der Waals surface area contributed by atoms with Crippen molar-refractivity contribution in [2.24, 2.45) is 0 Å². The number of aryl methyl sites for hydroxylation is 1. The van der Waals surface area contributed by atoms with Gasteiger partial charge in [-0.2, -0.15) is 0 Å². The minimum absolute atomic E-state index is 0.126. The van der Waals surface area contributed by atoms with E-state index < -0.39 is 6.10 Å². The molecule has 1 unspecified atom stereocenters. The number of rotatable bonds is 4. The second-order valence-electron chi connectivity index (χ2n) is 6.41. The highest BCUT2D eigenvalue weighted by Crippen LogP contribution is 2.22. The smallest absolute Gasteiger partial charge is 0.273 e. The summed E-state index contributed by atoms with van der Waals surface area (Å²) < 4.78 is 5.19. The van der Waals surface area contributed by atoms with Gasteiger partial charge in [-0.25, -0.2) is 0 Å². The predicted molar refractivity (Wildman–Crippen MR) is 83.7 cm³/mol. The van der Waals surface area contributed by atoms with E-state index in [2.05, 4.69) is 10.5 Å². The van der Waals surface area contributed by atoms with Crippen molar-refractivity contribution in [1.29, 1.82) is 0 Å². The third-order valence-corrected chi connectivity index (χ3v) is 3.49. The summed E-state index contributed by atoms with van der Waals surface area (Å²) in [5, 5.41) is 16.6. The van der Waals surface area contributed by atoms with Crippen LogP contribution in [0.1, 0.15) is 54.3 Å². The number of hydrogen-bond acceptors (Lipinski definition) is 4. The van der Waals surface area contributed by atoms with E-state index in [0.29, 0.717) is 5.76 Å². The van der Waals surface area contributed by atoms with Crippen molar-refractivity contribution >= 4 is 5.91 Å². The van der Waals surface area contributed by atoms with Crippen molar-refractivity contribution in [3.05, 3.63) is 52.9 Å². The Labute approximate surface area is 130 Å². The minimum Gasteiger partial charge on any atom is -0.387 e. The summed E-state index contributed by atoms with van der Waals surface area (Å²) >= 11 is 0. The highest BCUT2D eigenvalue weighted by Gasteiger charge is 2.22. The average Bonchev–Trinajstić information content (AvgIpc) is 2.95. The van der Waals surface area contributed by atoms with Crippen LogP contribution in [-0.2, 0) is 5.41 Å². The van der Waals surface area contributed by atoms with Crippen LogP contribution in [0.4, 0.5) is 0 Å². The third kappa shape index (κ3) is 3.74. The molecule has 5 heteroatoms. The van der Waals surface area contributed by atoms with Gasteiger partial charge < -0.3 is 14.9 Å². The molecule has 0 spiro atoms. The van der Waals surface area contributed by atoms with Crippen LogP contribution in [0, 0.1) is 6.92 Å². The Kier molecular flexibility index (Phi) is 4.66. The van der Waals surface area contributed by atoms with Crippen molar-refractivity contribution in [3.8, 4) is 0 Å². The second-order valence-corrected chi connectivity index (χ2v) is 6.41. The largest absolute Gasteiger partial charge is 0.387 e. The molecular formula is C17H22N2O3. The minimum atomic E-state index is -0.751. The van der Waals surface area contributed by atoms with Crippen LogP contribution in [0.25, 0.3) is 0 Å². The fourth-order valence-electron chi connectivity index (χ4n) is 2.09. The van der Waals surface area contributed by atoms with Gasteiger partial charge in [-0.3, -0.25) is 4.79 Å². The lowest BCUT2D eigenvalue weighted by Gasteiger charge is -2.14. The molecule has 1 heterocycles. The van der Waals surface area contributed by atoms with Gasteiger partial charge in [0.25, 0.3) is 5.91 Å². The van der Waals surface area contributed by atoms with E-state index in [0.717, 1.165) is 11.1 Å². The van der Waals surface area contributed by atoms with E-state index in [1.54, 1.807) is 6.07 Å². The molecule has 2 rings (SSSR count). The quantitative estimate of drug-likeness (QED) is 0.910. The molecule has 1 amide bonds. The van der Waals surface area contributed by atoms with Gasteiger partial charge in [0, 0.05) is 18.0 Å². The van der Waals surface area contributed by atoms with Crippen molar-refractivity contribution in [3.63, 3.8) is 0 Å². The van der Waals surface area contributed by atoms with Gasteiger partial charge in [0.1, 0.15) is 5.76 Å². The normalized spacial score (nSPS) is 13.0. The van der Waals surface area contributed by atoms with Crippen molar-refractivity contribution in [2.45, 2.75) is 39.2 Å². The van der Waals surface area contributed by atoms with Crippen LogP contribution in [0.2, 0.25) is 0 Å². The van der Waals surface area contributed by atoms with Crippen molar-refractivity contribution < 1.29 is 14.4 Å². The number of carbonyl (C=O) groups excluding carboxylic acids is 1. The van der Waals surface area contributed by atoms with Gasteiger partial charge >= 0.3 is 0 Å². The maximum Gasteiger partial charge on any atom is 0.273 e. The summed E-state index contributed by atoms with van der Waals surface area (Å²) in [4.78, 5) is 12.1. The number of nitrogens with zero attached hydrogens (tertiary/aromatic N) is 1. The maximum absolute atomic E-state index is 12.1. The molecule has 1 atom stereocenters. The molecule has 2 aromatic rings. The number of aromatic nitrogens is 1. The molecule has 22 heavy (non-hydrogen) atoms. The van der Waals surface area contributed by atoms with E-state index in [-0.39, 0.29) is 23.6 Å². The van der Waals surface area contributed by atoms with Crippen molar-refractivity contribution in [1.82, 2.24) is 10.5 Å². The van der Waals surface area contributed by atoms with Gasteiger partial charge in [0.15, 0.2) is 5.69 Å². The molecule has 5 nitrogen and oxygen atoms in total. The fraction of sp³-hybridized carbons (Fsp3) is 0.412. The summed E-state index contributed by atoms with van der Waals surface area (Å²) in [6.07, 6.45) is -0.751. The van der Waals surface area contributed by atoms with Gasteiger partial charge in [0.05, 0.1) is 6.10 Å². The van der Waals surface area contributed by atoms with Crippen LogP contribution in [0.5, 0.6) is 0 Å². The summed E-state index contributed by atoms with van der Waals surface area (Å²) in [6.45, 7) is 8.00. The van der Waals surface area contributed by atoms with E-state index in [1.165, 1.54) is 0 Å². The van der Waals surface area contributed by atoms with Crippen LogP contribution in [-0.4, -0.2) is 22.7 Å². The monoisotopic (exact) mass is 302 g/mol. The number of aliphatic hydroxyl groups excluding tert-OH is 1. The van der Waals surface area contributed by atoms with Gasteiger partial charge in [-0.05, 0) is 18.1 Å². The SMILES string of the molecule is Cc1ccccc1C(O)CNC(=O)c1cc(C(C)(C)C)on1. The Morgan fingerprint density at radius 3 is 2.64 bits per heavy atom. The van der Waals surface area contributed by atoms with E-state index in [4.69, 9.17) is 4.52 Å². The second kappa shape index (κ2) is 6.32. The predicted octanol–water partition coefficient (Wildman–Crippen LogP) is 2.74. The highest BCUT2D eigenvalue weighted by molar-refractivity contribution is 5.92. The Bertz CT molecular complexity index is 656. The topological polar surface area (TPSA) is 75.4 Å². The summed E-state index contributed by atoms with van der Waals surface area (Å²) in [5.41, 5.74) is 1.81. The molecule has 0 bridgehead atoms. The zero-order valence-electron chi connectivity index (χ0n) is 13.4. The first-order chi connectivity index (χ1) is 10.3. The molecule has 0 radical (unpaired) electrons. The molecular weight excluding hydrogens is 280 g/mol. The summed E-state index contributed by atoms with van der Waals surface area (Å²) in [5.74, 6) is 0.295. The van der Waals surface area contributed by atoms with Gasteiger partial charge in [-0.1, -0.05) is 50.2 Å². The number of carbonyl (C=O) groups is 1. The Hall–Kier alpha value is -2.14. The first kappa shape index (κ1) is 16.2. The van der Waals surface area contributed by atoms with Crippen LogP contribution in [0.3, 0.4) is 0 Å². The lowest BCUT2D eigenvalue weighted by atomic mass is 9.93. The number of nitrogens with one attached hydrogen (secondary N) is 1. The van der Waals surface area contributed by atoms with Crippen LogP contribution < -0.4 is 5.32 Å². The Balaban J connectivity index is 1.98. The summed E-state index contributed by atoms with van der Waals surface area (Å²) in [6, 6.07) is 9.18. The van der Waals surface area contributed by atoms with E-state index in [1.807, 2.05) is 52.0 Å². The molecule has 2 N–H and O–H groups in total. The van der Waals surface area contributed by atoms with Crippen LogP contribution >= 0.6 is 0 Å². The molecule has 0 aliphatic heterocycles. The zero-order chi connectivity index (χ0) is 16.3. The molecule has 1 aromatic heterocycles. The summed E-state index contributed by atoms with van der Waals surface area (Å²) in [7, 11) is 0. The molecule has 1 aromatic carbocycles. The first-order valence-corrected chi connectivity index (χ1v) is 7.28. The zero-order valence-corrected chi connectivity index (χ0v) is 13.4. The fourth-order valence-corrected chi connectivity index (χ4v) is 2.09. The average molecular weight is 302 g/mol. The number of hydrogen-bond donors (Lipinski definition) is 2. The number of aliphatic hydroxyl groups is 1. The van der Waals surface area contributed by atoms with E-state index >= 15 is 0 Å². The standard InChI is InChI=1S/C17H22N2O3/c1-11-7-5-6-8-12(11)14(20)10-18-16(21)13-9-15(22-19-13)17(2,3)4/h5-9,14,20H,10H2,1-4H3,(H,18,21). The Morgan fingerprint density at radius 1 is 1.36 bits per heavy atom. The number of benzene rings is 1. The molecule has 0 saturated heterocycles. The lowest BCUT2D eigenvalue weighted by Crippen LogP contribution is -2.28. The van der Waals surface area contributed by atoms with Gasteiger partial charge in [-0.15, -0.1) is 0 Å². The third-order valence-electron chi connectivity index (χ3n) is 3.49. The molecule has 0 aliphatic rings. The van der Waals surface area contributed by atoms with Gasteiger partial charge in [0.2, 0.25) is 0 Å². The first-order valence-electron chi connectivity index (χ1n) is 7.28. The van der Waals surface area contributed by atoms with E-state index in [9.17, 15) is 9.90 Å². The molecule has 0 fully saturated rings. The van der Waals surface area contributed by atoms with Crippen molar-refractivity contribution in [2.75, 3.05) is 6.54 Å².